The lowest BCUT2D eigenvalue weighted by atomic mass is 10.1. The second-order valence-electron chi connectivity index (χ2n) is 4.88. The van der Waals surface area contributed by atoms with Gasteiger partial charge in [0.25, 0.3) is 0 Å². The Bertz CT molecular complexity index is 484. The Balaban J connectivity index is 2.63. The lowest BCUT2D eigenvalue weighted by Crippen LogP contribution is -2.30. The number of rotatable bonds is 9. The summed E-state index contributed by atoms with van der Waals surface area (Å²) in [6.45, 7) is 2.92. The van der Waals surface area contributed by atoms with E-state index in [4.69, 9.17) is 9.84 Å². The minimum atomic E-state index is -3.47. The molecule has 0 aliphatic rings. The van der Waals surface area contributed by atoms with Gasteiger partial charge in [-0.05, 0) is 36.5 Å². The third kappa shape index (κ3) is 5.58. The van der Waals surface area contributed by atoms with Crippen LogP contribution in [0.3, 0.4) is 0 Å². The zero-order valence-corrected chi connectivity index (χ0v) is 12.8. The van der Waals surface area contributed by atoms with E-state index in [1.54, 1.807) is 31.4 Å². The first-order valence-corrected chi connectivity index (χ1v) is 8.16. The van der Waals surface area contributed by atoms with E-state index in [0.717, 1.165) is 12.0 Å². The fourth-order valence-corrected chi connectivity index (χ4v) is 2.96. The molecule has 0 heterocycles. The van der Waals surface area contributed by atoms with Gasteiger partial charge in [-0.15, -0.1) is 0 Å². The zero-order chi connectivity index (χ0) is 15.0. The predicted molar refractivity (Wildman–Crippen MR) is 78.1 cm³/mol. The molecule has 6 heteroatoms. The summed E-state index contributed by atoms with van der Waals surface area (Å²) >= 11 is 0. The van der Waals surface area contributed by atoms with Gasteiger partial charge in [-0.3, -0.25) is 0 Å². The molecule has 20 heavy (non-hydrogen) atoms. The van der Waals surface area contributed by atoms with Crippen molar-refractivity contribution >= 4 is 10.0 Å². The number of ether oxygens (including phenoxy) is 1. The van der Waals surface area contributed by atoms with E-state index in [0.29, 0.717) is 19.6 Å². The monoisotopic (exact) mass is 301 g/mol. The smallest absolute Gasteiger partial charge is 0.240 e. The maximum Gasteiger partial charge on any atom is 0.240 e. The van der Waals surface area contributed by atoms with Crippen molar-refractivity contribution in [3.8, 4) is 0 Å². The highest BCUT2D eigenvalue weighted by molar-refractivity contribution is 7.89. The molecule has 0 fully saturated rings. The fourth-order valence-electron chi connectivity index (χ4n) is 1.80. The number of methoxy groups -OCH3 is 1. The second kappa shape index (κ2) is 8.36. The van der Waals surface area contributed by atoms with Gasteiger partial charge < -0.3 is 9.84 Å². The number of hydrogen-bond acceptors (Lipinski definition) is 4. The molecule has 2 N–H and O–H groups in total. The molecule has 1 unspecified atom stereocenters. The van der Waals surface area contributed by atoms with Crippen molar-refractivity contribution in [1.29, 1.82) is 0 Å². The van der Waals surface area contributed by atoms with Crippen molar-refractivity contribution in [2.24, 2.45) is 5.92 Å². The van der Waals surface area contributed by atoms with Crippen LogP contribution in [0.1, 0.15) is 18.9 Å². The molecule has 5 nitrogen and oxygen atoms in total. The highest BCUT2D eigenvalue weighted by Crippen LogP contribution is 2.12. The third-order valence-electron chi connectivity index (χ3n) is 2.93. The maximum atomic E-state index is 12.1. The second-order valence-corrected chi connectivity index (χ2v) is 6.65. The summed E-state index contributed by atoms with van der Waals surface area (Å²) in [5, 5.41) is 8.76. The molecule has 0 saturated carbocycles. The average molecular weight is 301 g/mol. The van der Waals surface area contributed by atoms with Gasteiger partial charge in [0, 0.05) is 26.9 Å². The zero-order valence-electron chi connectivity index (χ0n) is 12.0. The van der Waals surface area contributed by atoms with Crippen molar-refractivity contribution in [2.45, 2.75) is 24.7 Å². The van der Waals surface area contributed by atoms with Gasteiger partial charge in [0.15, 0.2) is 0 Å². The average Bonchev–Trinajstić information content (AvgIpc) is 2.44. The lowest BCUT2D eigenvalue weighted by molar-refractivity contribution is 0.161. The van der Waals surface area contributed by atoms with Gasteiger partial charge in [0.2, 0.25) is 10.0 Å². The minimum absolute atomic E-state index is 0.124. The van der Waals surface area contributed by atoms with Crippen LogP contribution in [0.25, 0.3) is 0 Å². The van der Waals surface area contributed by atoms with Crippen LogP contribution in [-0.4, -0.2) is 40.4 Å². The first-order chi connectivity index (χ1) is 9.49. The van der Waals surface area contributed by atoms with Crippen LogP contribution in [0.5, 0.6) is 0 Å². The van der Waals surface area contributed by atoms with Gasteiger partial charge in [-0.1, -0.05) is 19.1 Å². The van der Waals surface area contributed by atoms with E-state index in [1.807, 2.05) is 6.92 Å². The van der Waals surface area contributed by atoms with Crippen LogP contribution in [-0.2, 0) is 21.2 Å². The normalized spacial score (nSPS) is 13.3. The number of hydrogen-bond donors (Lipinski definition) is 2. The van der Waals surface area contributed by atoms with Crippen molar-refractivity contribution in [3.05, 3.63) is 29.8 Å². The largest absolute Gasteiger partial charge is 0.396 e. The fraction of sp³-hybridized carbons (Fsp3) is 0.571. The number of benzene rings is 1. The van der Waals surface area contributed by atoms with Crippen molar-refractivity contribution in [1.82, 2.24) is 4.72 Å². The molecule has 0 aliphatic heterocycles. The van der Waals surface area contributed by atoms with E-state index in [1.165, 1.54) is 0 Å². The number of aliphatic hydroxyl groups excluding tert-OH is 1. The van der Waals surface area contributed by atoms with Gasteiger partial charge in [0.1, 0.15) is 0 Å². The SMILES string of the molecule is COCC(C)CNS(=O)(=O)c1ccc(CCCO)cc1. The Morgan fingerprint density at radius 2 is 1.95 bits per heavy atom. The van der Waals surface area contributed by atoms with Gasteiger partial charge in [0.05, 0.1) is 4.90 Å². The molecule has 1 aromatic rings. The lowest BCUT2D eigenvalue weighted by Gasteiger charge is -2.12. The molecule has 0 saturated heterocycles. The Labute approximate surface area is 121 Å². The van der Waals surface area contributed by atoms with Crippen LogP contribution in [0, 0.1) is 5.92 Å². The van der Waals surface area contributed by atoms with Crippen molar-refractivity contribution in [3.63, 3.8) is 0 Å². The van der Waals surface area contributed by atoms with Crippen LogP contribution in [0.2, 0.25) is 0 Å². The van der Waals surface area contributed by atoms with Crippen LogP contribution in [0.4, 0.5) is 0 Å². The summed E-state index contributed by atoms with van der Waals surface area (Å²) in [5.74, 6) is 0.124. The molecule has 0 spiro atoms. The van der Waals surface area contributed by atoms with Crippen molar-refractivity contribution < 1.29 is 18.3 Å². The molecular weight excluding hydrogens is 278 g/mol. The predicted octanol–water partition coefficient (Wildman–Crippen LogP) is 1.17. The molecule has 1 rings (SSSR count). The molecule has 114 valence electrons. The molecule has 0 aromatic heterocycles. The summed E-state index contributed by atoms with van der Waals surface area (Å²) in [5.41, 5.74) is 1.02. The molecule has 0 radical (unpaired) electrons. The minimum Gasteiger partial charge on any atom is -0.396 e. The summed E-state index contributed by atoms with van der Waals surface area (Å²) in [4.78, 5) is 0.259. The number of aliphatic hydroxyl groups is 1. The summed E-state index contributed by atoms with van der Waals surface area (Å²) in [7, 11) is -1.87. The van der Waals surface area contributed by atoms with Crippen LogP contribution < -0.4 is 4.72 Å². The van der Waals surface area contributed by atoms with Crippen LogP contribution >= 0.6 is 0 Å². The van der Waals surface area contributed by atoms with Crippen LogP contribution in [0.15, 0.2) is 29.2 Å². The van der Waals surface area contributed by atoms with E-state index in [2.05, 4.69) is 4.72 Å². The van der Waals surface area contributed by atoms with Gasteiger partial charge in [-0.2, -0.15) is 0 Å². The molecule has 0 bridgehead atoms. The van der Waals surface area contributed by atoms with E-state index in [-0.39, 0.29) is 17.4 Å². The standard InChI is InChI=1S/C14H23NO4S/c1-12(11-19-2)10-15-20(17,18)14-7-5-13(6-8-14)4-3-9-16/h5-8,12,15-16H,3-4,9-11H2,1-2H3. The highest BCUT2D eigenvalue weighted by Gasteiger charge is 2.14. The molecule has 1 aromatic carbocycles. The first-order valence-electron chi connectivity index (χ1n) is 6.68. The van der Waals surface area contributed by atoms with E-state index >= 15 is 0 Å². The Kier molecular flexibility index (Phi) is 7.15. The Hall–Kier alpha value is -0.950. The molecule has 1 atom stereocenters. The Morgan fingerprint density at radius 3 is 2.50 bits per heavy atom. The first kappa shape index (κ1) is 17.1. The Morgan fingerprint density at radius 1 is 1.30 bits per heavy atom. The van der Waals surface area contributed by atoms with E-state index < -0.39 is 10.0 Å². The topological polar surface area (TPSA) is 75.6 Å². The van der Waals surface area contributed by atoms with Gasteiger partial charge >= 0.3 is 0 Å². The molecule has 0 amide bonds. The third-order valence-corrected chi connectivity index (χ3v) is 4.37. The highest BCUT2D eigenvalue weighted by atomic mass is 32.2. The van der Waals surface area contributed by atoms with Crippen molar-refractivity contribution in [2.75, 3.05) is 26.9 Å². The number of sulfonamides is 1. The quantitative estimate of drug-likeness (QED) is 0.718. The van der Waals surface area contributed by atoms with E-state index in [9.17, 15) is 8.42 Å². The summed E-state index contributed by atoms with van der Waals surface area (Å²) in [6, 6.07) is 6.75. The van der Waals surface area contributed by atoms with Gasteiger partial charge in [-0.25, -0.2) is 13.1 Å². The molecule has 0 aliphatic carbocycles. The maximum absolute atomic E-state index is 12.1. The summed E-state index contributed by atoms with van der Waals surface area (Å²) < 4.78 is 31.7. The number of nitrogens with one attached hydrogen (secondary N) is 1. The summed E-state index contributed by atoms with van der Waals surface area (Å²) in [6.07, 6.45) is 1.42. The number of aryl methyl sites for hydroxylation is 1. The molecular formula is C14H23NO4S.